The van der Waals surface area contributed by atoms with Crippen molar-refractivity contribution >= 4 is 5.91 Å². The lowest BCUT2D eigenvalue weighted by Gasteiger charge is -2.28. The second-order valence-electron chi connectivity index (χ2n) is 6.82. The molecule has 0 spiro atoms. The minimum absolute atomic E-state index is 0.0895. The summed E-state index contributed by atoms with van der Waals surface area (Å²) in [7, 11) is 1.55. The van der Waals surface area contributed by atoms with Gasteiger partial charge in [0.25, 0.3) is 5.09 Å². The number of aliphatic hydroxyl groups excluding tert-OH is 1. The number of nitrogens with zero attached hydrogens (tertiary/aromatic N) is 1. The van der Waals surface area contributed by atoms with E-state index in [-0.39, 0.29) is 38.5 Å². The van der Waals surface area contributed by atoms with Crippen LogP contribution in [0.2, 0.25) is 0 Å². The molecule has 1 aromatic carbocycles. The Morgan fingerprint density at radius 1 is 1.32 bits per heavy atom. The van der Waals surface area contributed by atoms with E-state index in [9.17, 15) is 20.0 Å². The zero-order valence-electron chi connectivity index (χ0n) is 16.5. The average molecular weight is 399 g/mol. The fraction of sp³-hybridized carbons (Fsp3) is 0.611. The van der Waals surface area contributed by atoms with Gasteiger partial charge in [0.1, 0.15) is 12.7 Å². The molecule has 0 aliphatic carbocycles. The van der Waals surface area contributed by atoms with E-state index >= 15 is 0 Å². The van der Waals surface area contributed by atoms with Gasteiger partial charge in [-0.15, -0.1) is 10.1 Å². The first kappa shape index (κ1) is 23.4. The Morgan fingerprint density at radius 3 is 2.64 bits per heavy atom. The number of aliphatic hydroxyl groups is 1. The monoisotopic (exact) mass is 399 g/mol. The number of methoxy groups -OCH3 is 1. The minimum atomic E-state index is -0.881. The van der Waals surface area contributed by atoms with E-state index in [4.69, 9.17) is 9.47 Å². The number of hydrogen-bond donors (Lipinski definition) is 3. The minimum Gasteiger partial charge on any atom is -0.493 e. The molecule has 0 saturated heterocycles. The Labute approximate surface area is 164 Å². The molecule has 1 aromatic rings. The zero-order valence-corrected chi connectivity index (χ0v) is 16.5. The first-order valence-electron chi connectivity index (χ1n) is 8.96. The van der Waals surface area contributed by atoms with Gasteiger partial charge in [-0.25, -0.2) is 0 Å². The number of nitrogens with one attached hydrogen (secondary N) is 2. The summed E-state index contributed by atoms with van der Waals surface area (Å²) in [6, 6.07) is 7.18. The number of amides is 1. The van der Waals surface area contributed by atoms with Crippen LogP contribution in [0.1, 0.15) is 26.7 Å². The van der Waals surface area contributed by atoms with Crippen molar-refractivity contribution in [1.29, 1.82) is 0 Å². The largest absolute Gasteiger partial charge is 0.493 e. The third-order valence-electron chi connectivity index (χ3n) is 3.79. The van der Waals surface area contributed by atoms with E-state index in [2.05, 4.69) is 15.5 Å². The van der Waals surface area contributed by atoms with Gasteiger partial charge in [0.15, 0.2) is 11.5 Å². The van der Waals surface area contributed by atoms with Crippen LogP contribution in [0.5, 0.6) is 11.5 Å². The molecule has 10 nitrogen and oxygen atoms in total. The van der Waals surface area contributed by atoms with Gasteiger partial charge in [-0.1, -0.05) is 12.1 Å². The molecule has 1 unspecified atom stereocenters. The fourth-order valence-corrected chi connectivity index (χ4v) is 2.22. The zero-order chi connectivity index (χ0) is 21.0. The first-order chi connectivity index (χ1) is 13.2. The Kier molecular flexibility index (Phi) is 10.0. The number of para-hydroxylation sites is 2. The van der Waals surface area contributed by atoms with E-state index in [1.165, 1.54) is 0 Å². The third kappa shape index (κ3) is 9.93. The quantitative estimate of drug-likeness (QED) is 0.239. The van der Waals surface area contributed by atoms with Crippen LogP contribution in [0.4, 0.5) is 0 Å². The predicted molar refractivity (Wildman–Crippen MR) is 102 cm³/mol. The van der Waals surface area contributed by atoms with Crippen LogP contribution in [0.25, 0.3) is 0 Å². The van der Waals surface area contributed by atoms with Crippen molar-refractivity contribution in [1.82, 2.24) is 10.6 Å². The third-order valence-corrected chi connectivity index (χ3v) is 3.79. The maximum atomic E-state index is 11.7. The maximum absolute atomic E-state index is 11.7. The van der Waals surface area contributed by atoms with Gasteiger partial charge in [0.05, 0.1) is 13.7 Å². The van der Waals surface area contributed by atoms with Gasteiger partial charge in [0, 0.05) is 25.0 Å². The molecule has 0 bridgehead atoms. The standard InChI is InChI=1S/C18H29N3O7/c1-18(2,13-19-17(23)9-6-10-28-21(24)25)20-11-14(22)12-27-16-8-5-4-7-15(16)26-3/h4-5,7-8,14,20,22H,6,9-13H2,1-3H3,(H,19,23). The number of benzene rings is 1. The second-order valence-corrected chi connectivity index (χ2v) is 6.82. The summed E-state index contributed by atoms with van der Waals surface area (Å²) in [6.07, 6.45) is -0.349. The van der Waals surface area contributed by atoms with E-state index < -0.39 is 16.7 Å². The number of rotatable bonds is 14. The molecule has 0 fully saturated rings. The van der Waals surface area contributed by atoms with Crippen molar-refractivity contribution in [2.24, 2.45) is 0 Å². The molecule has 10 heteroatoms. The molecule has 1 rings (SSSR count). The van der Waals surface area contributed by atoms with E-state index in [1.807, 2.05) is 26.0 Å². The molecule has 0 aliphatic heterocycles. The van der Waals surface area contributed by atoms with Crippen molar-refractivity contribution in [2.45, 2.75) is 38.3 Å². The van der Waals surface area contributed by atoms with E-state index in [0.29, 0.717) is 18.0 Å². The van der Waals surface area contributed by atoms with E-state index in [0.717, 1.165) is 0 Å². The van der Waals surface area contributed by atoms with Crippen LogP contribution in [0, 0.1) is 10.1 Å². The summed E-state index contributed by atoms with van der Waals surface area (Å²) < 4.78 is 10.8. The van der Waals surface area contributed by atoms with E-state index in [1.54, 1.807) is 19.2 Å². The molecule has 0 aliphatic rings. The van der Waals surface area contributed by atoms with Crippen LogP contribution in [0.3, 0.4) is 0 Å². The summed E-state index contributed by atoms with van der Waals surface area (Å²) in [4.78, 5) is 25.9. The highest BCUT2D eigenvalue weighted by molar-refractivity contribution is 5.75. The normalized spacial score (nSPS) is 12.1. The number of ether oxygens (including phenoxy) is 2. The lowest BCUT2D eigenvalue weighted by atomic mass is 10.1. The van der Waals surface area contributed by atoms with Crippen LogP contribution >= 0.6 is 0 Å². The van der Waals surface area contributed by atoms with Gasteiger partial charge in [-0.2, -0.15) is 0 Å². The van der Waals surface area contributed by atoms with Crippen LogP contribution in [-0.4, -0.2) is 61.2 Å². The number of carbonyl (C=O) groups excluding carboxylic acids is 1. The second kappa shape index (κ2) is 12.0. The lowest BCUT2D eigenvalue weighted by molar-refractivity contribution is -0.757. The van der Waals surface area contributed by atoms with Crippen LogP contribution < -0.4 is 20.1 Å². The Hall–Kier alpha value is -2.59. The average Bonchev–Trinajstić information content (AvgIpc) is 2.66. The van der Waals surface area contributed by atoms with Gasteiger partial charge in [-0.05, 0) is 32.4 Å². The molecule has 158 valence electrons. The number of carbonyl (C=O) groups is 1. The molecule has 0 heterocycles. The molecule has 1 amide bonds. The summed E-state index contributed by atoms with van der Waals surface area (Å²) >= 11 is 0. The summed E-state index contributed by atoms with van der Waals surface area (Å²) in [5, 5.41) is 25.2. The van der Waals surface area contributed by atoms with Crippen molar-refractivity contribution in [3.05, 3.63) is 34.4 Å². The molecular weight excluding hydrogens is 370 g/mol. The summed E-state index contributed by atoms with van der Waals surface area (Å²) in [6.45, 7) is 4.36. The molecule has 0 radical (unpaired) electrons. The lowest BCUT2D eigenvalue weighted by Crippen LogP contribution is -2.51. The van der Waals surface area contributed by atoms with Gasteiger partial charge in [0.2, 0.25) is 5.91 Å². The Bertz CT molecular complexity index is 625. The van der Waals surface area contributed by atoms with Crippen LogP contribution in [-0.2, 0) is 9.63 Å². The van der Waals surface area contributed by atoms with Crippen LogP contribution in [0.15, 0.2) is 24.3 Å². The highest BCUT2D eigenvalue weighted by Gasteiger charge is 2.20. The van der Waals surface area contributed by atoms with Crippen molar-refractivity contribution in [2.75, 3.05) is 33.4 Å². The topological polar surface area (TPSA) is 132 Å². The summed E-state index contributed by atoms with van der Waals surface area (Å²) in [5.41, 5.74) is -0.460. The Morgan fingerprint density at radius 2 is 2.00 bits per heavy atom. The SMILES string of the molecule is COc1ccccc1OCC(O)CNC(C)(C)CNC(=O)CCCO[N+](=O)[O-]. The van der Waals surface area contributed by atoms with Crippen molar-refractivity contribution in [3.8, 4) is 11.5 Å². The van der Waals surface area contributed by atoms with Gasteiger partial charge in [-0.3, -0.25) is 4.79 Å². The smallest absolute Gasteiger partial charge is 0.294 e. The van der Waals surface area contributed by atoms with Crippen molar-refractivity contribution < 1.29 is 29.3 Å². The Balaban J connectivity index is 2.26. The van der Waals surface area contributed by atoms with Crippen molar-refractivity contribution in [3.63, 3.8) is 0 Å². The highest BCUT2D eigenvalue weighted by Crippen LogP contribution is 2.25. The molecular formula is C18H29N3O7. The summed E-state index contributed by atoms with van der Waals surface area (Å²) in [5.74, 6) is 0.924. The molecule has 3 N–H and O–H groups in total. The highest BCUT2D eigenvalue weighted by atomic mass is 16.9. The number of hydrogen-bond acceptors (Lipinski definition) is 8. The maximum Gasteiger partial charge on any atom is 0.294 e. The molecule has 0 saturated carbocycles. The van der Waals surface area contributed by atoms with Gasteiger partial charge < -0.3 is 30.1 Å². The molecule has 0 aromatic heterocycles. The number of β-amino-alcohol motifs (C(OH)–C–C–N with tert-alkyl or cyclic N) is 1. The van der Waals surface area contributed by atoms with Gasteiger partial charge >= 0.3 is 0 Å². The predicted octanol–water partition coefficient (Wildman–Crippen LogP) is 0.908. The molecule has 28 heavy (non-hydrogen) atoms. The molecule has 1 atom stereocenters. The fourth-order valence-electron chi connectivity index (χ4n) is 2.22. The first-order valence-corrected chi connectivity index (χ1v) is 8.96.